The average Bonchev–Trinajstić information content (AvgIpc) is 3.51. The maximum Gasteiger partial charge on any atom is 0.272 e. The fourth-order valence-electron chi connectivity index (χ4n) is 4.55. The van der Waals surface area contributed by atoms with Crippen molar-refractivity contribution in [2.45, 2.75) is 52.7 Å². The summed E-state index contributed by atoms with van der Waals surface area (Å²) in [6.45, 7) is 6.36. The largest absolute Gasteiger partial charge is 0.392 e. The van der Waals surface area contributed by atoms with E-state index in [-0.39, 0.29) is 45.2 Å². The minimum absolute atomic E-state index is 0.0854. The van der Waals surface area contributed by atoms with E-state index in [4.69, 9.17) is 0 Å². The number of hydrogen-bond donors (Lipinski definition) is 2. The van der Waals surface area contributed by atoms with Crippen molar-refractivity contribution in [1.29, 1.82) is 5.26 Å². The number of anilines is 1. The minimum atomic E-state index is -2.67. The summed E-state index contributed by atoms with van der Waals surface area (Å²) in [6.07, 6.45) is 0.371. The molecular formula is C27H29F2N5O3S. The molecule has 0 bridgehead atoms. The molecule has 1 aliphatic rings. The SMILES string of the molecule is CC(C)(C)/C=C(\C#N)C(=O)N1CCC[C@@H](n2c(NC(=O)c3ccc(C(F)F)s3)nc3cc(CO)ccc32)C1. The number of likely N-dealkylation sites (tertiary alicyclic amines) is 1. The summed E-state index contributed by atoms with van der Waals surface area (Å²) in [7, 11) is 0. The monoisotopic (exact) mass is 541 g/mol. The fraction of sp³-hybridized carbons (Fsp3) is 0.407. The fourth-order valence-corrected chi connectivity index (χ4v) is 5.31. The molecule has 2 amide bonds. The van der Waals surface area contributed by atoms with Gasteiger partial charge in [-0.25, -0.2) is 13.8 Å². The number of thiophene rings is 1. The number of aromatic nitrogens is 2. The highest BCUT2D eigenvalue weighted by Crippen LogP contribution is 2.33. The van der Waals surface area contributed by atoms with Gasteiger partial charge in [0.25, 0.3) is 18.2 Å². The number of rotatable bonds is 6. The number of piperidine rings is 1. The number of carbonyl (C=O) groups excluding carboxylic acids is 2. The number of nitrogens with one attached hydrogen (secondary N) is 1. The number of nitrogens with zero attached hydrogens (tertiary/aromatic N) is 4. The number of carbonyl (C=O) groups is 2. The van der Waals surface area contributed by atoms with E-state index in [0.29, 0.717) is 53.9 Å². The highest BCUT2D eigenvalue weighted by molar-refractivity contribution is 7.14. The van der Waals surface area contributed by atoms with Crippen molar-refractivity contribution >= 4 is 40.1 Å². The maximum absolute atomic E-state index is 13.2. The Hall–Kier alpha value is -3.62. The Labute approximate surface area is 223 Å². The molecule has 4 rings (SSSR count). The van der Waals surface area contributed by atoms with E-state index in [9.17, 15) is 28.7 Å². The summed E-state index contributed by atoms with van der Waals surface area (Å²) in [5.41, 5.74) is 1.63. The van der Waals surface area contributed by atoms with Crippen LogP contribution in [-0.2, 0) is 11.4 Å². The van der Waals surface area contributed by atoms with Crippen LogP contribution in [-0.4, -0.2) is 44.5 Å². The van der Waals surface area contributed by atoms with E-state index in [1.54, 1.807) is 29.2 Å². The number of aliphatic hydroxyl groups is 1. The van der Waals surface area contributed by atoms with Crippen LogP contribution < -0.4 is 5.32 Å². The van der Waals surface area contributed by atoms with E-state index >= 15 is 0 Å². The molecule has 0 unspecified atom stereocenters. The molecule has 0 saturated carbocycles. The Morgan fingerprint density at radius 3 is 2.71 bits per heavy atom. The zero-order valence-electron chi connectivity index (χ0n) is 21.4. The molecule has 1 saturated heterocycles. The number of alkyl halides is 2. The van der Waals surface area contributed by atoms with Crippen LogP contribution in [0.15, 0.2) is 42.0 Å². The number of fused-ring (bicyclic) bond motifs is 1. The molecule has 3 aromatic rings. The van der Waals surface area contributed by atoms with Crippen LogP contribution in [0.3, 0.4) is 0 Å². The van der Waals surface area contributed by atoms with Crippen molar-refractivity contribution in [3.05, 3.63) is 57.3 Å². The van der Waals surface area contributed by atoms with Crippen LogP contribution in [0, 0.1) is 16.7 Å². The van der Waals surface area contributed by atoms with E-state index < -0.39 is 12.3 Å². The first-order valence-electron chi connectivity index (χ1n) is 12.2. The van der Waals surface area contributed by atoms with Crippen LogP contribution in [0.1, 0.15) is 66.2 Å². The van der Waals surface area contributed by atoms with Crippen LogP contribution >= 0.6 is 11.3 Å². The smallest absolute Gasteiger partial charge is 0.272 e. The molecule has 0 radical (unpaired) electrons. The maximum atomic E-state index is 13.2. The molecule has 200 valence electrons. The molecular weight excluding hydrogens is 512 g/mol. The Morgan fingerprint density at radius 2 is 2.08 bits per heavy atom. The third-order valence-electron chi connectivity index (χ3n) is 6.20. The standard InChI is InChI=1S/C27H29F2N5O3S/c1-27(2,3)12-17(13-30)25(37)33-10-4-5-18(14-33)34-20-7-6-16(15-35)11-19(20)31-26(34)32-24(36)22-9-8-21(38-22)23(28)29/h6-9,11-12,18,23,35H,4-5,10,14-15H2,1-3H3,(H,31,32,36)/b17-12+/t18-/m1/s1. The summed E-state index contributed by atoms with van der Waals surface area (Å²) < 4.78 is 27.9. The predicted octanol–water partition coefficient (Wildman–Crippen LogP) is 5.44. The second-order valence-corrected chi connectivity index (χ2v) is 11.4. The zero-order valence-corrected chi connectivity index (χ0v) is 22.2. The van der Waals surface area contributed by atoms with Gasteiger partial charge in [-0.15, -0.1) is 11.3 Å². The van der Waals surface area contributed by atoms with E-state index in [1.807, 2.05) is 31.4 Å². The molecule has 1 atom stereocenters. The van der Waals surface area contributed by atoms with Crippen LogP contribution in [0.4, 0.5) is 14.7 Å². The molecule has 8 nitrogen and oxygen atoms in total. The van der Waals surface area contributed by atoms with Crippen LogP contribution in [0.2, 0.25) is 0 Å². The summed E-state index contributed by atoms with van der Waals surface area (Å²) in [5, 5.41) is 22.0. The highest BCUT2D eigenvalue weighted by atomic mass is 32.1. The molecule has 11 heteroatoms. The molecule has 2 N–H and O–H groups in total. The van der Waals surface area contributed by atoms with Crippen molar-refractivity contribution in [2.24, 2.45) is 5.41 Å². The topological polar surface area (TPSA) is 111 Å². The van der Waals surface area contributed by atoms with Gasteiger partial charge >= 0.3 is 0 Å². The summed E-state index contributed by atoms with van der Waals surface area (Å²) in [4.78, 5) is 32.3. The Kier molecular flexibility index (Phi) is 7.94. The van der Waals surface area contributed by atoms with Gasteiger partial charge in [0.15, 0.2) is 0 Å². The zero-order chi connectivity index (χ0) is 27.6. The van der Waals surface area contributed by atoms with E-state index in [2.05, 4.69) is 10.3 Å². The number of halogens is 2. The third kappa shape index (κ3) is 5.92. The number of imidazole rings is 1. The lowest BCUT2D eigenvalue weighted by Crippen LogP contribution is -2.41. The molecule has 0 spiro atoms. The second kappa shape index (κ2) is 11.0. The van der Waals surface area contributed by atoms with Gasteiger partial charge in [0.2, 0.25) is 5.95 Å². The van der Waals surface area contributed by atoms with E-state index in [1.165, 1.54) is 12.1 Å². The number of hydrogen-bond acceptors (Lipinski definition) is 6. The van der Waals surface area contributed by atoms with Crippen molar-refractivity contribution < 1.29 is 23.5 Å². The van der Waals surface area contributed by atoms with Gasteiger partial charge in [-0.05, 0) is 48.1 Å². The van der Waals surface area contributed by atoms with Gasteiger partial charge in [0.1, 0.15) is 11.6 Å². The van der Waals surface area contributed by atoms with Gasteiger partial charge in [-0.1, -0.05) is 32.9 Å². The number of nitriles is 1. The average molecular weight is 542 g/mol. The molecule has 3 heterocycles. The van der Waals surface area contributed by atoms with Crippen LogP contribution in [0.5, 0.6) is 0 Å². The van der Waals surface area contributed by atoms with Crippen molar-refractivity contribution in [3.63, 3.8) is 0 Å². The lowest BCUT2D eigenvalue weighted by atomic mass is 9.93. The van der Waals surface area contributed by atoms with Gasteiger partial charge in [0.05, 0.1) is 33.4 Å². The summed E-state index contributed by atoms with van der Waals surface area (Å²) in [5.74, 6) is -0.690. The Bertz CT molecular complexity index is 1430. The number of amides is 2. The van der Waals surface area contributed by atoms with Crippen LogP contribution in [0.25, 0.3) is 11.0 Å². The molecule has 2 aromatic heterocycles. The van der Waals surface area contributed by atoms with Crippen molar-refractivity contribution in [2.75, 3.05) is 18.4 Å². The molecule has 38 heavy (non-hydrogen) atoms. The predicted molar refractivity (Wildman–Crippen MR) is 141 cm³/mol. The highest BCUT2D eigenvalue weighted by Gasteiger charge is 2.30. The third-order valence-corrected chi connectivity index (χ3v) is 7.30. The molecule has 1 fully saturated rings. The van der Waals surface area contributed by atoms with Crippen molar-refractivity contribution in [3.8, 4) is 6.07 Å². The van der Waals surface area contributed by atoms with Gasteiger partial charge in [-0.3, -0.25) is 14.9 Å². The molecule has 1 aromatic carbocycles. The van der Waals surface area contributed by atoms with Gasteiger partial charge < -0.3 is 14.6 Å². The van der Waals surface area contributed by atoms with Gasteiger partial charge in [0, 0.05) is 13.1 Å². The lowest BCUT2D eigenvalue weighted by molar-refractivity contribution is -0.128. The molecule has 0 aliphatic carbocycles. The number of aliphatic hydroxyl groups excluding tert-OH is 1. The Morgan fingerprint density at radius 1 is 1.32 bits per heavy atom. The normalized spacial score (nSPS) is 16.6. The number of allylic oxidation sites excluding steroid dienone is 1. The molecule has 1 aliphatic heterocycles. The van der Waals surface area contributed by atoms with Gasteiger partial charge in [-0.2, -0.15) is 5.26 Å². The first-order chi connectivity index (χ1) is 18.0. The first-order valence-corrected chi connectivity index (χ1v) is 13.1. The van der Waals surface area contributed by atoms with E-state index in [0.717, 1.165) is 0 Å². The quantitative estimate of drug-likeness (QED) is 0.319. The lowest BCUT2D eigenvalue weighted by Gasteiger charge is -2.34. The summed E-state index contributed by atoms with van der Waals surface area (Å²) in [6, 6.07) is 9.61. The minimum Gasteiger partial charge on any atom is -0.392 e. The number of benzene rings is 1. The summed E-state index contributed by atoms with van der Waals surface area (Å²) >= 11 is 0.715. The Balaban J connectivity index is 1.69. The second-order valence-electron chi connectivity index (χ2n) is 10.3. The van der Waals surface area contributed by atoms with Crippen molar-refractivity contribution in [1.82, 2.24) is 14.5 Å². The first kappa shape index (κ1) is 27.4.